The molecule has 0 spiro atoms. The van der Waals surface area contributed by atoms with E-state index in [-0.39, 0.29) is 5.69 Å². The van der Waals surface area contributed by atoms with Crippen LogP contribution in [0.15, 0.2) is 47.1 Å². The van der Waals surface area contributed by atoms with Crippen molar-refractivity contribution in [2.75, 3.05) is 36.4 Å². The van der Waals surface area contributed by atoms with E-state index < -0.39 is 17.8 Å². The number of piperazine rings is 1. The van der Waals surface area contributed by atoms with E-state index >= 15 is 0 Å². The summed E-state index contributed by atoms with van der Waals surface area (Å²) in [6.07, 6.45) is -2.23. The number of alkyl halides is 3. The Labute approximate surface area is 182 Å². The molecule has 4 rings (SSSR count). The van der Waals surface area contributed by atoms with Gasteiger partial charge < -0.3 is 19.6 Å². The van der Waals surface area contributed by atoms with Crippen LogP contribution in [0.2, 0.25) is 0 Å². The smallest absolute Gasteiger partial charge is 0.353 e. The van der Waals surface area contributed by atoms with E-state index in [1.165, 1.54) is 23.1 Å². The minimum atomic E-state index is -4.54. The maximum absolute atomic E-state index is 13.1. The standard InChI is InChI=1S/C21H21F3N6O2/c1-2-18-27-19(28-32-18)14-7-8-17(25-13-14)29-9-11-30(12-10-29)20(31)26-16-6-4-3-5-15(16)21(22,23)24/h3-8,13H,2,9-12H2,1H3,(H,26,31). The molecule has 3 aromatic rings. The summed E-state index contributed by atoms with van der Waals surface area (Å²) in [4.78, 5) is 24.7. The number of halogens is 3. The van der Waals surface area contributed by atoms with Crippen molar-refractivity contribution in [1.29, 1.82) is 0 Å². The van der Waals surface area contributed by atoms with Crippen LogP contribution in [-0.2, 0) is 12.6 Å². The molecule has 11 heteroatoms. The lowest BCUT2D eigenvalue weighted by atomic mass is 10.1. The molecule has 2 amide bonds. The quantitative estimate of drug-likeness (QED) is 0.650. The van der Waals surface area contributed by atoms with E-state index in [4.69, 9.17) is 4.52 Å². The molecule has 0 aliphatic carbocycles. The molecule has 0 atom stereocenters. The van der Waals surface area contributed by atoms with Crippen LogP contribution in [0.3, 0.4) is 0 Å². The maximum atomic E-state index is 13.1. The highest BCUT2D eigenvalue weighted by atomic mass is 19.4. The van der Waals surface area contributed by atoms with Gasteiger partial charge in [0, 0.05) is 44.4 Å². The summed E-state index contributed by atoms with van der Waals surface area (Å²) >= 11 is 0. The molecule has 3 heterocycles. The molecule has 8 nitrogen and oxygen atoms in total. The highest BCUT2D eigenvalue weighted by molar-refractivity contribution is 5.90. The Morgan fingerprint density at radius 2 is 1.88 bits per heavy atom. The number of hydrogen-bond donors (Lipinski definition) is 1. The van der Waals surface area contributed by atoms with Gasteiger partial charge in [-0.2, -0.15) is 18.2 Å². The minimum Gasteiger partial charge on any atom is -0.353 e. The summed E-state index contributed by atoms with van der Waals surface area (Å²) in [5, 5.41) is 6.31. The van der Waals surface area contributed by atoms with Crippen LogP contribution in [0, 0.1) is 0 Å². The van der Waals surface area contributed by atoms with Gasteiger partial charge in [0.05, 0.1) is 11.3 Å². The van der Waals surface area contributed by atoms with E-state index in [0.717, 1.165) is 17.4 Å². The molecule has 2 aromatic heterocycles. The van der Waals surface area contributed by atoms with Gasteiger partial charge in [-0.1, -0.05) is 24.2 Å². The van der Waals surface area contributed by atoms with Gasteiger partial charge >= 0.3 is 12.2 Å². The van der Waals surface area contributed by atoms with Gasteiger partial charge in [0.25, 0.3) is 0 Å². The number of nitrogens with one attached hydrogen (secondary N) is 1. The van der Waals surface area contributed by atoms with Crippen LogP contribution >= 0.6 is 0 Å². The summed E-state index contributed by atoms with van der Waals surface area (Å²) in [6, 6.07) is 8.06. The Bertz CT molecular complexity index is 1080. The van der Waals surface area contributed by atoms with E-state index in [2.05, 4.69) is 20.4 Å². The van der Waals surface area contributed by atoms with Crippen molar-refractivity contribution in [3.05, 3.63) is 54.0 Å². The van der Waals surface area contributed by atoms with Crippen LogP contribution in [0.4, 0.5) is 29.5 Å². The number of nitrogens with zero attached hydrogens (tertiary/aromatic N) is 5. The molecule has 0 bridgehead atoms. The molecule has 0 radical (unpaired) electrons. The molecule has 1 N–H and O–H groups in total. The summed E-state index contributed by atoms with van der Waals surface area (Å²) in [5.41, 5.74) is -0.389. The van der Waals surface area contributed by atoms with Crippen molar-refractivity contribution >= 4 is 17.5 Å². The molecule has 1 aliphatic heterocycles. The van der Waals surface area contributed by atoms with Crippen LogP contribution < -0.4 is 10.2 Å². The highest BCUT2D eigenvalue weighted by Gasteiger charge is 2.34. The topological polar surface area (TPSA) is 87.4 Å². The summed E-state index contributed by atoms with van der Waals surface area (Å²) in [6.45, 7) is 3.64. The second-order valence-corrected chi connectivity index (χ2v) is 7.22. The molecule has 168 valence electrons. The van der Waals surface area contributed by atoms with Crippen molar-refractivity contribution in [1.82, 2.24) is 20.0 Å². The van der Waals surface area contributed by atoms with Gasteiger partial charge in [0.1, 0.15) is 5.82 Å². The van der Waals surface area contributed by atoms with Crippen LogP contribution in [0.1, 0.15) is 18.4 Å². The van der Waals surface area contributed by atoms with Gasteiger partial charge in [-0.05, 0) is 24.3 Å². The normalized spacial score (nSPS) is 14.5. The van der Waals surface area contributed by atoms with E-state index in [1.54, 1.807) is 6.20 Å². The Balaban J connectivity index is 1.36. The average Bonchev–Trinajstić information content (AvgIpc) is 3.28. The zero-order valence-electron chi connectivity index (χ0n) is 17.3. The van der Waals surface area contributed by atoms with Gasteiger partial charge in [0.2, 0.25) is 11.7 Å². The lowest BCUT2D eigenvalue weighted by Gasteiger charge is -2.35. The number of pyridine rings is 1. The number of carbonyl (C=O) groups is 1. The number of anilines is 2. The predicted octanol–water partition coefficient (Wildman–Crippen LogP) is 4.07. The first-order valence-corrected chi connectivity index (χ1v) is 10.1. The minimum absolute atomic E-state index is 0.252. The number of rotatable bonds is 4. The lowest BCUT2D eigenvalue weighted by molar-refractivity contribution is -0.136. The first-order chi connectivity index (χ1) is 15.3. The summed E-state index contributed by atoms with van der Waals surface area (Å²) < 4.78 is 44.5. The van der Waals surface area contributed by atoms with Gasteiger partial charge in [-0.3, -0.25) is 0 Å². The SMILES string of the molecule is CCc1nc(-c2ccc(N3CCN(C(=O)Nc4ccccc4C(F)(F)F)CC3)nc2)no1. The van der Waals surface area contributed by atoms with Gasteiger partial charge in [0.15, 0.2) is 0 Å². The van der Waals surface area contributed by atoms with Gasteiger partial charge in [-0.15, -0.1) is 0 Å². The van der Waals surface area contributed by atoms with Crippen molar-refractivity contribution < 1.29 is 22.5 Å². The first kappa shape index (κ1) is 21.6. The monoisotopic (exact) mass is 446 g/mol. The van der Waals surface area contributed by atoms with Crippen LogP contribution in [0.25, 0.3) is 11.4 Å². The molecule has 32 heavy (non-hydrogen) atoms. The zero-order chi connectivity index (χ0) is 22.7. The number of amides is 2. The Kier molecular flexibility index (Phi) is 5.97. The molecule has 1 saturated heterocycles. The number of para-hydroxylation sites is 1. The molecule has 0 unspecified atom stereocenters. The third kappa shape index (κ3) is 4.66. The van der Waals surface area contributed by atoms with Crippen molar-refractivity contribution in [3.8, 4) is 11.4 Å². The molecule has 1 aromatic carbocycles. The number of benzene rings is 1. The van der Waals surface area contributed by atoms with Crippen LogP contribution in [0.5, 0.6) is 0 Å². The second-order valence-electron chi connectivity index (χ2n) is 7.22. The largest absolute Gasteiger partial charge is 0.418 e. The maximum Gasteiger partial charge on any atom is 0.418 e. The van der Waals surface area contributed by atoms with Crippen LogP contribution in [-0.4, -0.2) is 52.2 Å². The number of hydrogen-bond acceptors (Lipinski definition) is 6. The fraction of sp³-hybridized carbons (Fsp3) is 0.333. The Hall–Kier alpha value is -3.63. The van der Waals surface area contributed by atoms with E-state index in [9.17, 15) is 18.0 Å². The molecule has 0 saturated carbocycles. The Morgan fingerprint density at radius 1 is 1.12 bits per heavy atom. The molecule has 1 fully saturated rings. The molecular weight excluding hydrogens is 425 g/mol. The number of carbonyl (C=O) groups excluding carboxylic acids is 1. The third-order valence-electron chi connectivity index (χ3n) is 5.14. The summed E-state index contributed by atoms with van der Waals surface area (Å²) in [5.74, 6) is 1.76. The van der Waals surface area contributed by atoms with Crippen molar-refractivity contribution in [3.63, 3.8) is 0 Å². The summed E-state index contributed by atoms with van der Waals surface area (Å²) in [7, 11) is 0. The fourth-order valence-corrected chi connectivity index (χ4v) is 3.39. The number of aryl methyl sites for hydroxylation is 1. The third-order valence-corrected chi connectivity index (χ3v) is 5.14. The first-order valence-electron chi connectivity index (χ1n) is 10.1. The molecule has 1 aliphatic rings. The van der Waals surface area contributed by atoms with E-state index in [1.807, 2.05) is 24.0 Å². The lowest BCUT2D eigenvalue weighted by Crippen LogP contribution is -2.50. The van der Waals surface area contributed by atoms with Gasteiger partial charge in [-0.25, -0.2) is 9.78 Å². The average molecular weight is 446 g/mol. The zero-order valence-corrected chi connectivity index (χ0v) is 17.3. The Morgan fingerprint density at radius 3 is 2.50 bits per heavy atom. The number of aromatic nitrogens is 3. The predicted molar refractivity (Wildman–Crippen MR) is 111 cm³/mol. The molecular formula is C21H21F3N6O2. The number of urea groups is 1. The highest BCUT2D eigenvalue weighted by Crippen LogP contribution is 2.34. The van der Waals surface area contributed by atoms with Crippen molar-refractivity contribution in [2.45, 2.75) is 19.5 Å². The fourth-order valence-electron chi connectivity index (χ4n) is 3.39. The van der Waals surface area contributed by atoms with E-state index in [0.29, 0.717) is 44.3 Å². The van der Waals surface area contributed by atoms with Crippen molar-refractivity contribution in [2.24, 2.45) is 0 Å². The second kappa shape index (κ2) is 8.85.